The number of carbonyl (C=O) groups is 1. The Labute approximate surface area is 185 Å². The van der Waals surface area contributed by atoms with E-state index >= 15 is 0 Å². The van der Waals surface area contributed by atoms with Crippen LogP contribution in [0.3, 0.4) is 0 Å². The quantitative estimate of drug-likeness (QED) is 0.664. The maximum Gasteiger partial charge on any atom is 0.370 e. The van der Waals surface area contributed by atoms with Gasteiger partial charge in [0.25, 0.3) is 6.35 Å². The Bertz CT molecular complexity index is 734. The van der Waals surface area contributed by atoms with Crippen LogP contribution in [0, 0.1) is 0 Å². The van der Waals surface area contributed by atoms with Crippen molar-refractivity contribution in [2.75, 3.05) is 84.2 Å². The van der Waals surface area contributed by atoms with Gasteiger partial charge in [-0.25, -0.2) is 9.69 Å². The Kier molecular flexibility index (Phi) is 10.6. The molecule has 1 atom stereocenters. The Balaban J connectivity index is 1.58. The largest absolute Gasteiger partial charge is 0.487 e. The summed E-state index contributed by atoms with van der Waals surface area (Å²) < 4.78 is 38.8. The van der Waals surface area contributed by atoms with E-state index in [1.54, 1.807) is 18.2 Å². The fourth-order valence-electron chi connectivity index (χ4n) is 2.82. The minimum absolute atomic E-state index is 0.252. The number of ether oxygens (including phenoxy) is 7. The van der Waals surface area contributed by atoms with Crippen LogP contribution in [0.4, 0.5) is 10.5 Å². The molecule has 1 unspecified atom stereocenters. The molecule has 1 N–H and O–H groups in total. The second-order valence-electron chi connectivity index (χ2n) is 6.60. The molecular formula is C20H29N3O9. The zero-order valence-corrected chi connectivity index (χ0v) is 17.8. The normalized spacial score (nSPS) is 23.0. The molecule has 1 aromatic rings. The number of azo groups is 1. The molecule has 0 radical (unpaired) electrons. The van der Waals surface area contributed by atoms with Crippen LogP contribution in [0.1, 0.15) is 0 Å². The van der Waals surface area contributed by atoms with E-state index in [0.717, 1.165) is 4.90 Å². The van der Waals surface area contributed by atoms with E-state index < -0.39 is 12.4 Å². The minimum atomic E-state index is -1.37. The molecule has 32 heavy (non-hydrogen) atoms. The molecule has 2 aliphatic rings. The molecule has 12 nitrogen and oxygen atoms in total. The highest BCUT2D eigenvalue weighted by atomic mass is 16.6. The van der Waals surface area contributed by atoms with Crippen LogP contribution < -0.4 is 14.4 Å². The van der Waals surface area contributed by atoms with Crippen molar-refractivity contribution in [1.29, 1.82) is 0 Å². The zero-order valence-electron chi connectivity index (χ0n) is 17.8. The third kappa shape index (κ3) is 7.97. The highest BCUT2D eigenvalue weighted by Crippen LogP contribution is 2.34. The topological polar surface area (TPSA) is 130 Å². The fourth-order valence-corrected chi connectivity index (χ4v) is 2.82. The third-order valence-electron chi connectivity index (χ3n) is 4.35. The Morgan fingerprint density at radius 1 is 0.719 bits per heavy atom. The first kappa shape index (κ1) is 24.3. The molecule has 2 heterocycles. The van der Waals surface area contributed by atoms with Gasteiger partial charge in [-0.2, -0.15) is 0 Å². The van der Waals surface area contributed by atoms with Crippen LogP contribution >= 0.6 is 0 Å². The van der Waals surface area contributed by atoms with Gasteiger partial charge in [0, 0.05) is 6.07 Å². The first-order chi connectivity index (χ1) is 15.8. The molecular weight excluding hydrogens is 426 g/mol. The van der Waals surface area contributed by atoms with Crippen LogP contribution in [-0.4, -0.2) is 96.8 Å². The van der Waals surface area contributed by atoms with Crippen LogP contribution in [0.25, 0.3) is 0 Å². The summed E-state index contributed by atoms with van der Waals surface area (Å²) in [5.74, 6) is 0.857. The first-order valence-corrected chi connectivity index (χ1v) is 10.5. The number of hydrogen-bond acceptors (Lipinski definition) is 10. The molecule has 0 spiro atoms. The zero-order chi connectivity index (χ0) is 22.4. The molecule has 178 valence electrons. The highest BCUT2D eigenvalue weighted by molar-refractivity contribution is 5.94. The van der Waals surface area contributed by atoms with Crippen molar-refractivity contribution < 1.29 is 43.1 Å². The van der Waals surface area contributed by atoms with Crippen LogP contribution in [0.15, 0.2) is 28.4 Å². The molecule has 0 saturated heterocycles. The molecule has 2 aliphatic heterocycles. The lowest BCUT2D eigenvalue weighted by Gasteiger charge is -2.20. The van der Waals surface area contributed by atoms with Gasteiger partial charge >= 0.3 is 6.03 Å². The number of carbonyl (C=O) groups excluding carboxylic acids is 1. The second-order valence-corrected chi connectivity index (χ2v) is 6.60. The summed E-state index contributed by atoms with van der Waals surface area (Å²) in [6.45, 7) is 4.98. The van der Waals surface area contributed by atoms with Gasteiger partial charge in [0.15, 0.2) is 11.5 Å². The molecule has 0 fully saturated rings. The maximum absolute atomic E-state index is 11.9. The van der Waals surface area contributed by atoms with E-state index in [0.29, 0.717) is 89.9 Å². The number of fused-ring (bicyclic) bond motifs is 1. The Morgan fingerprint density at radius 2 is 1.19 bits per heavy atom. The first-order valence-electron chi connectivity index (χ1n) is 10.5. The van der Waals surface area contributed by atoms with Gasteiger partial charge in [-0.1, -0.05) is 5.11 Å². The molecule has 3 rings (SSSR count). The third-order valence-corrected chi connectivity index (χ3v) is 4.35. The van der Waals surface area contributed by atoms with Crippen molar-refractivity contribution in [3.05, 3.63) is 18.2 Å². The van der Waals surface area contributed by atoms with E-state index in [9.17, 15) is 9.90 Å². The summed E-state index contributed by atoms with van der Waals surface area (Å²) in [6.07, 6.45) is -1.37. The number of anilines is 1. The summed E-state index contributed by atoms with van der Waals surface area (Å²) in [5.41, 5.74) is 0.380. The number of rotatable bonds is 1. The van der Waals surface area contributed by atoms with Gasteiger partial charge in [0.05, 0.1) is 71.8 Å². The highest BCUT2D eigenvalue weighted by Gasteiger charge is 2.29. The fraction of sp³-hybridized carbons (Fsp3) is 0.650. The number of urea groups is 1. The van der Waals surface area contributed by atoms with Crippen molar-refractivity contribution in [3.63, 3.8) is 0 Å². The summed E-state index contributed by atoms with van der Waals surface area (Å²) in [6, 6.07) is 4.19. The van der Waals surface area contributed by atoms with Gasteiger partial charge in [0.2, 0.25) is 0 Å². The van der Waals surface area contributed by atoms with Crippen molar-refractivity contribution >= 4 is 11.7 Å². The van der Waals surface area contributed by atoms with Crippen LogP contribution in [0.2, 0.25) is 0 Å². The summed E-state index contributed by atoms with van der Waals surface area (Å²) in [7, 11) is 0. The second kappa shape index (κ2) is 13.9. The van der Waals surface area contributed by atoms with Gasteiger partial charge in [-0.05, 0) is 12.1 Å². The van der Waals surface area contributed by atoms with Crippen molar-refractivity contribution in [3.8, 4) is 11.5 Å². The summed E-state index contributed by atoms with van der Waals surface area (Å²) in [5, 5.41) is 16.7. The lowest BCUT2D eigenvalue weighted by Crippen LogP contribution is -2.32. The average Bonchev–Trinajstić information content (AvgIpc) is 3.13. The number of hydrogen-bond donors (Lipinski definition) is 1. The SMILES string of the molecule is O=C1N=NC(O)N1c1ccc2c(c1)OCCOCCOCCOCCOCCOCCO2. The molecule has 0 aliphatic carbocycles. The van der Waals surface area contributed by atoms with E-state index in [1.807, 2.05) is 0 Å². The van der Waals surface area contributed by atoms with Gasteiger partial charge in [-0.3, -0.25) is 0 Å². The molecule has 12 heteroatoms. The lowest BCUT2D eigenvalue weighted by molar-refractivity contribution is -0.0134. The van der Waals surface area contributed by atoms with Gasteiger partial charge in [0.1, 0.15) is 13.2 Å². The van der Waals surface area contributed by atoms with Crippen molar-refractivity contribution in [2.24, 2.45) is 10.2 Å². The van der Waals surface area contributed by atoms with E-state index in [-0.39, 0.29) is 6.61 Å². The molecule has 2 amide bonds. The standard InChI is InChI=1S/C20H29N3O9/c24-19-21-22-20(25)23(19)16-1-2-17-18(15-16)32-14-12-30-10-8-28-6-4-26-3-5-27-7-9-29-11-13-31-17/h1-2,15,19,24H,3-14H2. The average molecular weight is 455 g/mol. The maximum atomic E-state index is 11.9. The predicted octanol–water partition coefficient (Wildman–Crippen LogP) is 1.21. The van der Waals surface area contributed by atoms with Gasteiger partial charge < -0.3 is 38.3 Å². The molecule has 0 aromatic heterocycles. The Morgan fingerprint density at radius 3 is 1.66 bits per heavy atom. The smallest absolute Gasteiger partial charge is 0.370 e. The predicted molar refractivity (Wildman–Crippen MR) is 110 cm³/mol. The van der Waals surface area contributed by atoms with Gasteiger partial charge in [-0.15, -0.1) is 5.11 Å². The number of benzene rings is 1. The van der Waals surface area contributed by atoms with Crippen molar-refractivity contribution in [2.45, 2.75) is 6.35 Å². The molecule has 1 aromatic carbocycles. The van der Waals surface area contributed by atoms with E-state index in [1.165, 1.54) is 0 Å². The molecule has 0 bridgehead atoms. The van der Waals surface area contributed by atoms with Crippen LogP contribution in [0.5, 0.6) is 11.5 Å². The summed E-state index contributed by atoms with van der Waals surface area (Å²) >= 11 is 0. The number of aliphatic hydroxyl groups is 1. The number of amides is 2. The van der Waals surface area contributed by atoms with E-state index in [2.05, 4.69) is 10.2 Å². The molecule has 0 saturated carbocycles. The Hall–Kier alpha value is -2.35. The van der Waals surface area contributed by atoms with E-state index in [4.69, 9.17) is 33.2 Å². The van der Waals surface area contributed by atoms with Crippen molar-refractivity contribution in [1.82, 2.24) is 0 Å². The lowest BCUT2D eigenvalue weighted by atomic mass is 10.2. The minimum Gasteiger partial charge on any atom is -0.487 e. The van der Waals surface area contributed by atoms with Crippen LogP contribution in [-0.2, 0) is 23.7 Å². The number of nitrogens with zero attached hydrogens (tertiary/aromatic N) is 3. The number of aliphatic hydroxyl groups excluding tert-OH is 1. The monoisotopic (exact) mass is 455 g/mol. The summed E-state index contributed by atoms with van der Waals surface area (Å²) in [4.78, 5) is 12.9.